The molecule has 0 unspecified atom stereocenters. The average molecular weight is 255 g/mol. The van der Waals surface area contributed by atoms with Gasteiger partial charge in [0, 0.05) is 26.2 Å². The monoisotopic (exact) mass is 255 g/mol. The number of aryl methyl sites for hydroxylation is 1. The van der Waals surface area contributed by atoms with Gasteiger partial charge in [-0.3, -0.25) is 14.4 Å². The summed E-state index contributed by atoms with van der Waals surface area (Å²) >= 11 is 1.20. The average Bonchev–Trinajstić information content (AvgIpc) is 2.58. The summed E-state index contributed by atoms with van der Waals surface area (Å²) in [5.74, 6) is -1.49. The lowest BCUT2D eigenvalue weighted by molar-refractivity contribution is -0.146. The first-order chi connectivity index (χ1) is 7.84. The number of nitrogens with zero attached hydrogens (tertiary/aromatic N) is 3. The molecule has 0 aliphatic heterocycles. The molecule has 1 heterocycles. The van der Waals surface area contributed by atoms with E-state index in [-0.39, 0.29) is 0 Å². The van der Waals surface area contributed by atoms with Crippen molar-refractivity contribution in [1.29, 1.82) is 0 Å². The fourth-order valence-electron chi connectivity index (χ4n) is 1.30. The number of aromatic nitrogens is 1. The molecule has 0 N–H and O–H groups in total. The Morgan fingerprint density at radius 1 is 1.12 bits per heavy atom. The standard InChI is InChI=1S/C10H13N3O3S/c1-6-5-17-10(11-6)13(9(4)16)12(7(2)14)8(3)15/h5H,1-4H3. The molecule has 0 aromatic carbocycles. The first kappa shape index (κ1) is 13.3. The van der Waals surface area contributed by atoms with E-state index in [1.54, 1.807) is 12.3 Å². The Morgan fingerprint density at radius 2 is 1.65 bits per heavy atom. The van der Waals surface area contributed by atoms with Crippen molar-refractivity contribution >= 4 is 34.2 Å². The van der Waals surface area contributed by atoms with Crippen LogP contribution >= 0.6 is 11.3 Å². The first-order valence-corrected chi connectivity index (χ1v) is 5.76. The first-order valence-electron chi connectivity index (χ1n) is 4.88. The van der Waals surface area contributed by atoms with Crippen molar-refractivity contribution in [2.24, 2.45) is 0 Å². The second kappa shape index (κ2) is 5.05. The Labute approximate surface area is 103 Å². The predicted molar refractivity (Wildman–Crippen MR) is 63.2 cm³/mol. The van der Waals surface area contributed by atoms with Crippen LogP contribution in [-0.4, -0.2) is 27.7 Å². The maximum atomic E-state index is 11.6. The summed E-state index contributed by atoms with van der Waals surface area (Å²) in [5, 5.41) is 3.81. The van der Waals surface area contributed by atoms with Gasteiger partial charge in [0.25, 0.3) is 0 Å². The van der Waals surface area contributed by atoms with Crippen LogP contribution in [0.25, 0.3) is 0 Å². The number of amides is 3. The summed E-state index contributed by atoms with van der Waals surface area (Å²) in [6, 6.07) is 0. The van der Waals surface area contributed by atoms with Gasteiger partial charge in [-0.15, -0.1) is 11.3 Å². The van der Waals surface area contributed by atoms with E-state index in [4.69, 9.17) is 0 Å². The number of rotatable bonds is 1. The highest BCUT2D eigenvalue weighted by Gasteiger charge is 2.28. The van der Waals surface area contributed by atoms with Gasteiger partial charge in [0.1, 0.15) is 0 Å². The third-order valence-corrected chi connectivity index (χ3v) is 2.82. The zero-order valence-electron chi connectivity index (χ0n) is 10.1. The normalized spacial score (nSPS) is 9.88. The van der Waals surface area contributed by atoms with E-state index in [0.29, 0.717) is 5.13 Å². The van der Waals surface area contributed by atoms with Crippen LogP contribution in [0.4, 0.5) is 5.13 Å². The second-order valence-electron chi connectivity index (χ2n) is 3.45. The fraction of sp³-hybridized carbons (Fsp3) is 0.400. The number of hydrazine groups is 1. The van der Waals surface area contributed by atoms with E-state index in [9.17, 15) is 14.4 Å². The minimum Gasteiger partial charge on any atom is -0.273 e. The highest BCUT2D eigenvalue weighted by molar-refractivity contribution is 7.14. The number of hydrogen-bond acceptors (Lipinski definition) is 5. The van der Waals surface area contributed by atoms with Crippen molar-refractivity contribution in [3.8, 4) is 0 Å². The minimum atomic E-state index is -0.527. The molecular weight excluding hydrogens is 242 g/mol. The molecule has 0 spiro atoms. The number of anilines is 1. The number of hydrogen-bond donors (Lipinski definition) is 0. The molecule has 0 atom stereocenters. The Balaban J connectivity index is 3.21. The molecule has 0 saturated carbocycles. The topological polar surface area (TPSA) is 70.6 Å². The smallest absolute Gasteiger partial charge is 0.245 e. The molecule has 7 heteroatoms. The van der Waals surface area contributed by atoms with Gasteiger partial charge in [-0.2, -0.15) is 10.0 Å². The van der Waals surface area contributed by atoms with Crippen LogP contribution in [-0.2, 0) is 14.4 Å². The zero-order valence-corrected chi connectivity index (χ0v) is 10.9. The van der Waals surface area contributed by atoms with Crippen molar-refractivity contribution in [2.75, 3.05) is 5.01 Å². The van der Waals surface area contributed by atoms with Crippen LogP contribution in [0, 0.1) is 6.92 Å². The molecule has 6 nitrogen and oxygen atoms in total. The minimum absolute atomic E-state index is 0.306. The SMILES string of the molecule is CC(=O)N(C(C)=O)N(C(C)=O)c1nc(C)cs1. The summed E-state index contributed by atoms with van der Waals surface area (Å²) in [4.78, 5) is 38.4. The largest absolute Gasteiger partial charge is 0.273 e. The molecular formula is C10H13N3O3S. The van der Waals surface area contributed by atoms with E-state index < -0.39 is 17.7 Å². The highest BCUT2D eigenvalue weighted by Crippen LogP contribution is 2.22. The summed E-state index contributed by atoms with van der Waals surface area (Å²) in [5.41, 5.74) is 0.725. The molecule has 0 aliphatic rings. The molecule has 1 aromatic heterocycles. The maximum absolute atomic E-state index is 11.6. The number of imide groups is 1. The van der Waals surface area contributed by atoms with E-state index in [2.05, 4.69) is 4.98 Å². The molecule has 0 bridgehead atoms. The molecule has 1 rings (SSSR count). The fourth-order valence-corrected chi connectivity index (χ4v) is 2.14. The quantitative estimate of drug-likeness (QED) is 0.705. The molecule has 0 radical (unpaired) electrons. The van der Waals surface area contributed by atoms with Crippen molar-refractivity contribution in [1.82, 2.24) is 9.99 Å². The van der Waals surface area contributed by atoms with Crippen LogP contribution < -0.4 is 5.01 Å². The lowest BCUT2D eigenvalue weighted by Gasteiger charge is -2.28. The number of thiazole rings is 1. The van der Waals surface area contributed by atoms with Gasteiger partial charge in [-0.05, 0) is 6.92 Å². The van der Waals surface area contributed by atoms with Crippen molar-refractivity contribution in [3.63, 3.8) is 0 Å². The van der Waals surface area contributed by atoms with Gasteiger partial charge in [0.15, 0.2) is 0 Å². The highest BCUT2D eigenvalue weighted by atomic mass is 32.1. The van der Waals surface area contributed by atoms with Crippen molar-refractivity contribution in [3.05, 3.63) is 11.1 Å². The van der Waals surface area contributed by atoms with E-state index >= 15 is 0 Å². The molecule has 17 heavy (non-hydrogen) atoms. The van der Waals surface area contributed by atoms with E-state index in [1.165, 1.54) is 32.1 Å². The molecule has 92 valence electrons. The lowest BCUT2D eigenvalue weighted by atomic mass is 10.5. The maximum Gasteiger partial charge on any atom is 0.245 e. The Hall–Kier alpha value is -1.76. The van der Waals surface area contributed by atoms with Gasteiger partial charge in [-0.1, -0.05) is 0 Å². The number of carbonyl (C=O) groups is 3. The van der Waals surface area contributed by atoms with Crippen LogP contribution in [0.15, 0.2) is 5.38 Å². The van der Waals surface area contributed by atoms with Crippen LogP contribution in [0.2, 0.25) is 0 Å². The summed E-state index contributed by atoms with van der Waals surface area (Å²) < 4.78 is 0. The summed E-state index contributed by atoms with van der Waals surface area (Å²) in [6.07, 6.45) is 0. The summed E-state index contributed by atoms with van der Waals surface area (Å²) in [6.45, 7) is 5.48. The predicted octanol–water partition coefficient (Wildman–Crippen LogP) is 1.11. The van der Waals surface area contributed by atoms with Crippen LogP contribution in [0.3, 0.4) is 0 Å². The Bertz CT molecular complexity index is 455. The van der Waals surface area contributed by atoms with Gasteiger partial charge in [-0.25, -0.2) is 4.98 Å². The van der Waals surface area contributed by atoms with Gasteiger partial charge in [0.05, 0.1) is 5.69 Å². The van der Waals surface area contributed by atoms with Crippen LogP contribution in [0.5, 0.6) is 0 Å². The van der Waals surface area contributed by atoms with E-state index in [0.717, 1.165) is 15.7 Å². The van der Waals surface area contributed by atoms with Crippen molar-refractivity contribution in [2.45, 2.75) is 27.7 Å². The molecule has 1 aromatic rings. The van der Waals surface area contributed by atoms with E-state index in [1.807, 2.05) is 0 Å². The zero-order chi connectivity index (χ0) is 13.2. The molecule has 0 saturated heterocycles. The Morgan fingerprint density at radius 3 is 1.94 bits per heavy atom. The van der Waals surface area contributed by atoms with Crippen molar-refractivity contribution < 1.29 is 14.4 Å². The molecule has 0 fully saturated rings. The number of carbonyl (C=O) groups excluding carboxylic acids is 3. The lowest BCUT2D eigenvalue weighted by Crippen LogP contribution is -2.51. The second-order valence-corrected chi connectivity index (χ2v) is 4.29. The third kappa shape index (κ3) is 2.88. The Kier molecular flexibility index (Phi) is 3.95. The molecule has 0 aliphatic carbocycles. The van der Waals surface area contributed by atoms with Crippen LogP contribution in [0.1, 0.15) is 26.5 Å². The van der Waals surface area contributed by atoms with Gasteiger partial charge < -0.3 is 0 Å². The molecule has 3 amide bonds. The van der Waals surface area contributed by atoms with Gasteiger partial charge in [0.2, 0.25) is 22.9 Å². The summed E-state index contributed by atoms with van der Waals surface area (Å²) in [7, 11) is 0. The van der Waals surface area contributed by atoms with Gasteiger partial charge >= 0.3 is 0 Å². The third-order valence-electron chi connectivity index (χ3n) is 1.88.